The van der Waals surface area contributed by atoms with E-state index in [0.29, 0.717) is 0 Å². The number of hydrogen-bond donors (Lipinski definition) is 0. The van der Waals surface area contributed by atoms with Crippen molar-refractivity contribution in [3.63, 3.8) is 0 Å². The Labute approximate surface area is 69.9 Å². The molecule has 0 rings (SSSR count). The summed E-state index contributed by atoms with van der Waals surface area (Å²) < 4.78 is 10.7. The maximum Gasteiger partial charge on any atom is 0.157 e. The number of hydrogen-bond acceptors (Lipinski definition) is 2. The zero-order valence-electron chi connectivity index (χ0n) is 8.31. The van der Waals surface area contributed by atoms with Crippen LogP contribution in [0.15, 0.2) is 0 Å². The normalized spacial score (nSPS) is 15.0. The lowest BCUT2D eigenvalue weighted by Gasteiger charge is -2.26. The van der Waals surface area contributed by atoms with E-state index >= 15 is 0 Å². The zero-order chi connectivity index (χ0) is 8.91. The van der Waals surface area contributed by atoms with E-state index in [4.69, 9.17) is 9.47 Å². The van der Waals surface area contributed by atoms with Crippen LogP contribution < -0.4 is 0 Å². The Kier molecular flexibility index (Phi) is 4.69. The van der Waals surface area contributed by atoms with Gasteiger partial charge in [-0.1, -0.05) is 13.3 Å². The Bertz CT molecular complexity index is 94.2. The summed E-state index contributed by atoms with van der Waals surface area (Å²) in [6.07, 6.45) is 2.02. The standard InChI is InChI=1S/C9H20O2/c1-6-7-8(10-5)11-9(2,3)4/h8H,6-7H2,1-5H3. The van der Waals surface area contributed by atoms with Gasteiger partial charge in [0.1, 0.15) is 0 Å². The molecule has 0 aromatic heterocycles. The Morgan fingerprint density at radius 2 is 1.82 bits per heavy atom. The van der Waals surface area contributed by atoms with Crippen molar-refractivity contribution in [1.29, 1.82) is 0 Å². The fourth-order valence-electron chi connectivity index (χ4n) is 0.855. The first kappa shape index (κ1) is 10.9. The van der Waals surface area contributed by atoms with Crippen LogP contribution in [0.25, 0.3) is 0 Å². The van der Waals surface area contributed by atoms with Crippen molar-refractivity contribution in [2.45, 2.75) is 52.4 Å². The van der Waals surface area contributed by atoms with Crippen molar-refractivity contribution >= 4 is 0 Å². The highest BCUT2D eigenvalue weighted by Crippen LogP contribution is 2.14. The molecule has 0 heterocycles. The molecule has 1 unspecified atom stereocenters. The Morgan fingerprint density at radius 1 is 1.27 bits per heavy atom. The third kappa shape index (κ3) is 6.32. The minimum atomic E-state index is -0.101. The Morgan fingerprint density at radius 3 is 2.09 bits per heavy atom. The first-order valence-corrected chi connectivity index (χ1v) is 4.20. The third-order valence-electron chi connectivity index (χ3n) is 1.27. The van der Waals surface area contributed by atoms with E-state index in [-0.39, 0.29) is 11.9 Å². The van der Waals surface area contributed by atoms with Crippen LogP contribution in [0.1, 0.15) is 40.5 Å². The molecule has 0 radical (unpaired) electrons. The highest BCUT2D eigenvalue weighted by atomic mass is 16.7. The maximum absolute atomic E-state index is 5.61. The molecular weight excluding hydrogens is 140 g/mol. The van der Waals surface area contributed by atoms with Crippen molar-refractivity contribution < 1.29 is 9.47 Å². The quantitative estimate of drug-likeness (QED) is 0.588. The Hall–Kier alpha value is -0.0800. The molecule has 0 aliphatic heterocycles. The minimum Gasteiger partial charge on any atom is -0.356 e. The predicted octanol–water partition coefficient (Wildman–Crippen LogP) is 2.57. The van der Waals surface area contributed by atoms with Gasteiger partial charge in [0.25, 0.3) is 0 Å². The van der Waals surface area contributed by atoms with E-state index in [1.165, 1.54) is 0 Å². The first-order chi connectivity index (χ1) is 4.99. The summed E-state index contributed by atoms with van der Waals surface area (Å²) in [5.41, 5.74) is -0.101. The second kappa shape index (κ2) is 4.73. The van der Waals surface area contributed by atoms with Gasteiger partial charge in [-0.15, -0.1) is 0 Å². The fraction of sp³-hybridized carbons (Fsp3) is 1.00. The topological polar surface area (TPSA) is 18.5 Å². The average molecular weight is 160 g/mol. The van der Waals surface area contributed by atoms with Crippen LogP contribution in [0, 0.1) is 0 Å². The molecular formula is C9H20O2. The molecule has 0 aliphatic rings. The van der Waals surface area contributed by atoms with E-state index < -0.39 is 0 Å². The second-order valence-electron chi connectivity index (χ2n) is 3.68. The van der Waals surface area contributed by atoms with E-state index in [1.807, 2.05) is 20.8 Å². The lowest BCUT2D eigenvalue weighted by atomic mass is 10.2. The van der Waals surface area contributed by atoms with Crippen molar-refractivity contribution in [2.75, 3.05) is 7.11 Å². The monoisotopic (exact) mass is 160 g/mol. The van der Waals surface area contributed by atoms with E-state index in [0.717, 1.165) is 12.8 Å². The van der Waals surface area contributed by atoms with Crippen LogP contribution in [0.5, 0.6) is 0 Å². The maximum atomic E-state index is 5.61. The number of methoxy groups -OCH3 is 1. The molecule has 1 atom stereocenters. The summed E-state index contributed by atoms with van der Waals surface area (Å²) in [4.78, 5) is 0. The Balaban J connectivity index is 3.68. The molecule has 0 aliphatic carbocycles. The van der Waals surface area contributed by atoms with Crippen LogP contribution in [0.2, 0.25) is 0 Å². The minimum absolute atomic E-state index is 0.0417. The van der Waals surface area contributed by atoms with Gasteiger partial charge in [-0.2, -0.15) is 0 Å². The highest BCUT2D eigenvalue weighted by Gasteiger charge is 2.16. The first-order valence-electron chi connectivity index (χ1n) is 4.20. The van der Waals surface area contributed by atoms with Gasteiger partial charge in [-0.25, -0.2) is 0 Å². The van der Waals surface area contributed by atoms with Crippen LogP contribution in [0.4, 0.5) is 0 Å². The van der Waals surface area contributed by atoms with Gasteiger partial charge in [0.2, 0.25) is 0 Å². The summed E-state index contributed by atoms with van der Waals surface area (Å²) in [5.74, 6) is 0. The molecule has 2 nitrogen and oxygen atoms in total. The molecule has 11 heavy (non-hydrogen) atoms. The lowest BCUT2D eigenvalue weighted by molar-refractivity contribution is -0.184. The second-order valence-corrected chi connectivity index (χ2v) is 3.68. The molecule has 0 bridgehead atoms. The van der Waals surface area contributed by atoms with Gasteiger partial charge >= 0.3 is 0 Å². The molecule has 0 N–H and O–H groups in total. The molecule has 0 spiro atoms. The molecule has 0 saturated carbocycles. The average Bonchev–Trinajstić information content (AvgIpc) is 1.84. The van der Waals surface area contributed by atoms with Crippen molar-refractivity contribution in [1.82, 2.24) is 0 Å². The fourth-order valence-corrected chi connectivity index (χ4v) is 0.855. The molecule has 0 aromatic carbocycles. The van der Waals surface area contributed by atoms with E-state index in [2.05, 4.69) is 6.92 Å². The van der Waals surface area contributed by atoms with Gasteiger partial charge in [0.05, 0.1) is 5.60 Å². The summed E-state index contributed by atoms with van der Waals surface area (Å²) in [6.45, 7) is 8.23. The van der Waals surface area contributed by atoms with Crippen LogP contribution >= 0.6 is 0 Å². The lowest BCUT2D eigenvalue weighted by Crippen LogP contribution is -2.28. The van der Waals surface area contributed by atoms with Crippen LogP contribution in [-0.2, 0) is 9.47 Å². The van der Waals surface area contributed by atoms with Crippen molar-refractivity contribution in [3.05, 3.63) is 0 Å². The predicted molar refractivity (Wildman–Crippen MR) is 46.5 cm³/mol. The van der Waals surface area contributed by atoms with Gasteiger partial charge < -0.3 is 9.47 Å². The SMILES string of the molecule is CCCC(OC)OC(C)(C)C. The molecule has 0 amide bonds. The summed E-state index contributed by atoms with van der Waals surface area (Å²) in [6, 6.07) is 0. The molecule has 2 heteroatoms. The number of ether oxygens (including phenoxy) is 2. The van der Waals surface area contributed by atoms with Gasteiger partial charge in [0, 0.05) is 7.11 Å². The number of rotatable bonds is 4. The van der Waals surface area contributed by atoms with E-state index in [9.17, 15) is 0 Å². The van der Waals surface area contributed by atoms with Crippen LogP contribution in [0.3, 0.4) is 0 Å². The largest absolute Gasteiger partial charge is 0.356 e. The highest BCUT2D eigenvalue weighted by molar-refractivity contribution is 4.60. The smallest absolute Gasteiger partial charge is 0.157 e. The molecule has 0 saturated heterocycles. The van der Waals surface area contributed by atoms with Crippen LogP contribution in [-0.4, -0.2) is 19.0 Å². The summed E-state index contributed by atoms with van der Waals surface area (Å²) in [7, 11) is 1.69. The van der Waals surface area contributed by atoms with Gasteiger partial charge in [0.15, 0.2) is 6.29 Å². The molecule has 68 valence electrons. The zero-order valence-corrected chi connectivity index (χ0v) is 8.31. The third-order valence-corrected chi connectivity index (χ3v) is 1.27. The summed E-state index contributed by atoms with van der Waals surface area (Å²) in [5, 5.41) is 0. The van der Waals surface area contributed by atoms with Gasteiger partial charge in [-0.3, -0.25) is 0 Å². The van der Waals surface area contributed by atoms with Gasteiger partial charge in [-0.05, 0) is 27.2 Å². The van der Waals surface area contributed by atoms with Crippen molar-refractivity contribution in [3.8, 4) is 0 Å². The van der Waals surface area contributed by atoms with Crippen molar-refractivity contribution in [2.24, 2.45) is 0 Å². The van der Waals surface area contributed by atoms with E-state index in [1.54, 1.807) is 7.11 Å². The molecule has 0 fully saturated rings. The summed E-state index contributed by atoms with van der Waals surface area (Å²) >= 11 is 0. The molecule has 0 aromatic rings.